The molecular formula is C12H15P. The predicted octanol–water partition coefficient (Wildman–Crippen LogP) is 3.59. The molecule has 1 aliphatic heterocycles. The van der Waals surface area contributed by atoms with E-state index in [1.807, 2.05) is 0 Å². The van der Waals surface area contributed by atoms with Gasteiger partial charge in [0.1, 0.15) is 0 Å². The number of rotatable bonds is 1. The Balaban J connectivity index is 2.45. The van der Waals surface area contributed by atoms with Crippen LogP contribution in [-0.4, -0.2) is 0 Å². The van der Waals surface area contributed by atoms with Gasteiger partial charge in [0, 0.05) is 0 Å². The lowest BCUT2D eigenvalue weighted by atomic mass is 10.1. The van der Waals surface area contributed by atoms with Crippen LogP contribution in [0.5, 0.6) is 0 Å². The van der Waals surface area contributed by atoms with Crippen LogP contribution in [0, 0.1) is 20.8 Å². The average molecular weight is 190 g/mol. The third kappa shape index (κ3) is 1.56. The van der Waals surface area contributed by atoms with Gasteiger partial charge in [-0.25, -0.2) is 0 Å². The highest BCUT2D eigenvalue weighted by Gasteiger charge is 2.24. The number of hydrogen-bond acceptors (Lipinski definition) is 0. The first-order chi connectivity index (χ1) is 6.09. The average Bonchev–Trinajstić information content (AvgIpc) is 2.64. The van der Waals surface area contributed by atoms with Crippen LogP contribution in [0.1, 0.15) is 23.6 Å². The molecule has 0 aliphatic carbocycles. The summed E-state index contributed by atoms with van der Waals surface area (Å²) in [5.41, 5.74) is 4.32. The molecule has 1 atom stereocenters. The first kappa shape index (κ1) is 8.97. The molecule has 0 saturated carbocycles. The number of benzene rings is 1. The largest absolute Gasteiger partial charge is 0.0557 e. The van der Waals surface area contributed by atoms with E-state index in [0.29, 0.717) is 0 Å². The smallest absolute Gasteiger partial charge is 0.0101 e. The summed E-state index contributed by atoms with van der Waals surface area (Å²) in [5, 5.41) is 3.18. The van der Waals surface area contributed by atoms with Crippen LogP contribution in [0.4, 0.5) is 0 Å². The van der Waals surface area contributed by atoms with Crippen LogP contribution < -0.4 is 5.30 Å². The molecule has 0 N–H and O–H groups in total. The van der Waals surface area contributed by atoms with E-state index < -0.39 is 0 Å². The Morgan fingerprint density at radius 3 is 1.77 bits per heavy atom. The summed E-state index contributed by atoms with van der Waals surface area (Å²) < 4.78 is 0. The van der Waals surface area contributed by atoms with E-state index in [1.54, 1.807) is 10.6 Å². The normalized spacial score (nSPS) is 20.0. The van der Waals surface area contributed by atoms with E-state index in [-0.39, 0.29) is 7.92 Å². The molecule has 68 valence electrons. The van der Waals surface area contributed by atoms with Crippen LogP contribution in [0.3, 0.4) is 0 Å². The molecule has 1 heterocycles. The van der Waals surface area contributed by atoms with Gasteiger partial charge in [0.05, 0.1) is 0 Å². The molecule has 2 rings (SSSR count). The molecule has 0 nitrogen and oxygen atoms in total. The number of aryl methyl sites for hydroxylation is 3. The van der Waals surface area contributed by atoms with E-state index in [1.165, 1.54) is 16.7 Å². The maximum absolute atomic E-state index is 2.40. The topological polar surface area (TPSA) is 0 Å². The van der Waals surface area contributed by atoms with Crippen LogP contribution >= 0.6 is 7.92 Å². The van der Waals surface area contributed by atoms with Gasteiger partial charge < -0.3 is 0 Å². The minimum Gasteiger partial charge on any atom is -0.0557 e. The molecule has 1 aliphatic rings. The molecule has 0 unspecified atom stereocenters. The Bertz CT molecular complexity index is 365. The lowest BCUT2D eigenvalue weighted by Crippen LogP contribution is -2.06. The molecule has 0 spiro atoms. The Kier molecular flexibility index (Phi) is 2.04. The molecule has 1 aromatic rings. The first-order valence-electron chi connectivity index (χ1n) is 4.65. The van der Waals surface area contributed by atoms with Crippen molar-refractivity contribution in [2.24, 2.45) is 0 Å². The Labute approximate surface area is 81.4 Å². The molecule has 0 radical (unpaired) electrons. The number of hydrogen-bond donors (Lipinski definition) is 0. The predicted molar refractivity (Wildman–Crippen MR) is 61.0 cm³/mol. The summed E-state index contributed by atoms with van der Waals surface area (Å²) >= 11 is 0. The zero-order valence-electron chi connectivity index (χ0n) is 8.68. The van der Waals surface area contributed by atoms with Gasteiger partial charge in [-0.15, -0.1) is 0 Å². The Morgan fingerprint density at radius 2 is 1.38 bits per heavy atom. The standard InChI is InChI=1S/C12H15P/c1-8-5-9(2)12(10(3)6-8)13-7-11(13)4/h5-7H,1-4H3/t13-/m0/s1. The molecule has 0 fully saturated rings. The summed E-state index contributed by atoms with van der Waals surface area (Å²) in [6, 6.07) is 4.59. The van der Waals surface area contributed by atoms with Crippen LogP contribution in [0.2, 0.25) is 0 Å². The van der Waals surface area contributed by atoms with Crippen molar-refractivity contribution in [2.75, 3.05) is 0 Å². The molecule has 13 heavy (non-hydrogen) atoms. The van der Waals surface area contributed by atoms with Crippen molar-refractivity contribution in [3.63, 3.8) is 0 Å². The summed E-state index contributed by atoms with van der Waals surface area (Å²) in [4.78, 5) is 0. The molecule has 0 bridgehead atoms. The van der Waals surface area contributed by atoms with Gasteiger partial charge in [-0.2, -0.15) is 0 Å². The van der Waals surface area contributed by atoms with Crippen LogP contribution in [0.25, 0.3) is 0 Å². The second-order valence-corrected chi connectivity index (χ2v) is 6.04. The quantitative estimate of drug-likeness (QED) is 0.593. The molecule has 1 heteroatoms. The minimum atomic E-state index is 0.0308. The van der Waals surface area contributed by atoms with Gasteiger partial charge in [-0.05, 0) is 63.2 Å². The van der Waals surface area contributed by atoms with Crippen molar-refractivity contribution in [3.05, 3.63) is 40.0 Å². The van der Waals surface area contributed by atoms with Crippen LogP contribution in [-0.2, 0) is 0 Å². The van der Waals surface area contributed by atoms with Crippen molar-refractivity contribution in [1.29, 1.82) is 0 Å². The SMILES string of the molecule is CC1=C[P@]1c1c(C)cc(C)cc1C. The van der Waals surface area contributed by atoms with Gasteiger partial charge in [0.25, 0.3) is 0 Å². The monoisotopic (exact) mass is 190 g/mol. The van der Waals surface area contributed by atoms with Gasteiger partial charge >= 0.3 is 0 Å². The summed E-state index contributed by atoms with van der Waals surface area (Å²) in [6.07, 6.45) is 0. The molecular weight excluding hydrogens is 175 g/mol. The van der Waals surface area contributed by atoms with E-state index in [9.17, 15) is 0 Å². The van der Waals surface area contributed by atoms with E-state index in [2.05, 4.69) is 45.6 Å². The zero-order chi connectivity index (χ0) is 9.59. The second kappa shape index (κ2) is 2.96. The highest BCUT2D eigenvalue weighted by atomic mass is 31.1. The fourth-order valence-electron chi connectivity index (χ4n) is 1.95. The lowest BCUT2D eigenvalue weighted by molar-refractivity contribution is 1.36. The van der Waals surface area contributed by atoms with Crippen molar-refractivity contribution in [3.8, 4) is 0 Å². The Morgan fingerprint density at radius 1 is 0.923 bits per heavy atom. The van der Waals surface area contributed by atoms with Gasteiger partial charge in [0.2, 0.25) is 0 Å². The number of allylic oxidation sites excluding steroid dienone is 1. The Hall–Kier alpha value is -0.610. The minimum absolute atomic E-state index is 0.0308. The van der Waals surface area contributed by atoms with Gasteiger partial charge in [-0.1, -0.05) is 17.7 Å². The highest BCUT2D eigenvalue weighted by Crippen LogP contribution is 2.60. The third-order valence-corrected chi connectivity index (χ3v) is 4.95. The summed E-state index contributed by atoms with van der Waals surface area (Å²) in [6.45, 7) is 8.88. The third-order valence-electron chi connectivity index (χ3n) is 2.50. The maximum atomic E-state index is 2.40. The fourth-order valence-corrected chi connectivity index (χ4v) is 3.81. The molecule has 0 aromatic heterocycles. The summed E-state index contributed by atoms with van der Waals surface area (Å²) in [7, 11) is 0.0308. The van der Waals surface area contributed by atoms with E-state index in [4.69, 9.17) is 0 Å². The van der Waals surface area contributed by atoms with Crippen molar-refractivity contribution < 1.29 is 0 Å². The first-order valence-corrected chi connectivity index (χ1v) is 6.06. The zero-order valence-corrected chi connectivity index (χ0v) is 9.57. The van der Waals surface area contributed by atoms with Crippen LogP contribution in [0.15, 0.2) is 23.3 Å². The van der Waals surface area contributed by atoms with Crippen molar-refractivity contribution in [1.82, 2.24) is 0 Å². The molecule has 0 saturated heterocycles. The van der Waals surface area contributed by atoms with Gasteiger partial charge in [0.15, 0.2) is 0 Å². The second-order valence-electron chi connectivity index (χ2n) is 3.89. The van der Waals surface area contributed by atoms with Crippen molar-refractivity contribution >= 4 is 13.2 Å². The highest BCUT2D eigenvalue weighted by molar-refractivity contribution is 7.79. The lowest BCUT2D eigenvalue weighted by Gasteiger charge is -2.10. The molecule has 0 amide bonds. The summed E-state index contributed by atoms with van der Waals surface area (Å²) in [5.74, 6) is 2.40. The van der Waals surface area contributed by atoms with E-state index >= 15 is 0 Å². The molecule has 1 aromatic carbocycles. The van der Waals surface area contributed by atoms with Gasteiger partial charge in [-0.3, -0.25) is 0 Å². The van der Waals surface area contributed by atoms with Crippen molar-refractivity contribution in [2.45, 2.75) is 27.7 Å². The van der Waals surface area contributed by atoms with E-state index in [0.717, 1.165) is 0 Å². The maximum Gasteiger partial charge on any atom is -0.0101 e. The fraction of sp³-hybridized carbons (Fsp3) is 0.333.